The van der Waals surface area contributed by atoms with Gasteiger partial charge < -0.3 is 19.1 Å². The minimum Gasteiger partial charge on any atom is -0.462 e. The molecule has 0 aliphatic heterocycles. The number of amides is 1. The van der Waals surface area contributed by atoms with Crippen molar-refractivity contribution in [2.24, 2.45) is 0 Å². The molecule has 0 spiro atoms. The molecule has 12 heteroatoms. The standard InChI is InChI=1S/C39H73NO11/c1-5-7-9-11-13-15-17-19-21-23-25-27-37(42)47-32-35(51-38(43)28-26-24-22-20-18-16-14-12-10-8-6-2)33-48-39(44)31-40(29-30-49-45-3)36(41)34-50-46-4/h35H,5-34H2,1-4H3. The summed E-state index contributed by atoms with van der Waals surface area (Å²) in [5.74, 6) is -2.08. The van der Waals surface area contributed by atoms with Gasteiger partial charge in [-0.3, -0.25) is 19.2 Å². The molecule has 0 heterocycles. The van der Waals surface area contributed by atoms with Crippen LogP contribution < -0.4 is 0 Å². The van der Waals surface area contributed by atoms with Crippen molar-refractivity contribution in [1.82, 2.24) is 4.90 Å². The van der Waals surface area contributed by atoms with Crippen molar-refractivity contribution >= 4 is 23.8 Å². The van der Waals surface area contributed by atoms with Crippen molar-refractivity contribution in [2.75, 3.05) is 53.7 Å². The number of hydrogen-bond donors (Lipinski definition) is 0. The Kier molecular flexibility index (Phi) is 35.8. The van der Waals surface area contributed by atoms with Crippen molar-refractivity contribution in [3.05, 3.63) is 0 Å². The first-order chi connectivity index (χ1) is 24.9. The van der Waals surface area contributed by atoms with Crippen LogP contribution in [0.15, 0.2) is 0 Å². The van der Waals surface area contributed by atoms with Crippen molar-refractivity contribution in [3.63, 3.8) is 0 Å². The van der Waals surface area contributed by atoms with Gasteiger partial charge in [-0.25, -0.2) is 19.6 Å². The Morgan fingerprint density at radius 3 is 1.37 bits per heavy atom. The zero-order valence-corrected chi connectivity index (χ0v) is 32.7. The third-order valence-electron chi connectivity index (χ3n) is 8.66. The Bertz CT molecular complexity index is 842. The second kappa shape index (κ2) is 37.5. The van der Waals surface area contributed by atoms with Gasteiger partial charge in [-0.2, -0.15) is 0 Å². The van der Waals surface area contributed by atoms with Crippen LogP contribution in [0.2, 0.25) is 0 Å². The van der Waals surface area contributed by atoms with Gasteiger partial charge in [-0.05, 0) is 12.8 Å². The number of carbonyl (C=O) groups excluding carboxylic acids is 4. The normalized spacial score (nSPS) is 11.7. The Balaban J connectivity index is 4.73. The minimum absolute atomic E-state index is 0.0108. The Morgan fingerprint density at radius 2 is 0.922 bits per heavy atom. The molecule has 12 nitrogen and oxygen atoms in total. The molecule has 0 aromatic carbocycles. The van der Waals surface area contributed by atoms with Crippen LogP contribution in [0.25, 0.3) is 0 Å². The van der Waals surface area contributed by atoms with Gasteiger partial charge in [0.05, 0.1) is 20.8 Å². The molecule has 0 radical (unpaired) electrons. The Morgan fingerprint density at radius 1 is 0.510 bits per heavy atom. The Labute approximate surface area is 309 Å². The van der Waals surface area contributed by atoms with Gasteiger partial charge in [0.2, 0.25) is 0 Å². The fourth-order valence-corrected chi connectivity index (χ4v) is 5.60. The highest BCUT2D eigenvalue weighted by atomic mass is 17.2. The van der Waals surface area contributed by atoms with E-state index in [9.17, 15) is 19.2 Å². The monoisotopic (exact) mass is 732 g/mol. The van der Waals surface area contributed by atoms with Crippen LogP contribution in [0.4, 0.5) is 0 Å². The predicted octanol–water partition coefficient (Wildman–Crippen LogP) is 8.37. The van der Waals surface area contributed by atoms with Crippen molar-refractivity contribution < 1.29 is 52.9 Å². The molecule has 0 N–H and O–H groups in total. The largest absolute Gasteiger partial charge is 0.462 e. The molecule has 0 aliphatic rings. The lowest BCUT2D eigenvalue weighted by molar-refractivity contribution is -0.276. The van der Waals surface area contributed by atoms with E-state index in [1.807, 2.05) is 0 Å². The number of ether oxygens (including phenoxy) is 3. The van der Waals surface area contributed by atoms with E-state index < -0.39 is 37.1 Å². The summed E-state index contributed by atoms with van der Waals surface area (Å²) in [6.45, 7) is 3.14. The number of carbonyl (C=O) groups is 4. The average Bonchev–Trinajstić information content (AvgIpc) is 3.12. The summed E-state index contributed by atoms with van der Waals surface area (Å²) in [7, 11) is 2.60. The van der Waals surface area contributed by atoms with E-state index in [0.29, 0.717) is 6.42 Å². The number of nitrogens with zero attached hydrogens (tertiary/aromatic N) is 1. The van der Waals surface area contributed by atoms with Crippen LogP contribution in [0.3, 0.4) is 0 Å². The van der Waals surface area contributed by atoms with Gasteiger partial charge in [0.25, 0.3) is 5.91 Å². The van der Waals surface area contributed by atoms with Gasteiger partial charge >= 0.3 is 17.9 Å². The molecular formula is C39H73NO11. The molecule has 0 aromatic heterocycles. The number of unbranched alkanes of at least 4 members (excludes halogenated alkanes) is 20. The molecule has 0 bridgehead atoms. The first-order valence-corrected chi connectivity index (χ1v) is 20.0. The van der Waals surface area contributed by atoms with E-state index >= 15 is 0 Å². The zero-order valence-electron chi connectivity index (χ0n) is 32.7. The van der Waals surface area contributed by atoms with Gasteiger partial charge in [0.15, 0.2) is 12.7 Å². The molecule has 0 saturated heterocycles. The van der Waals surface area contributed by atoms with Gasteiger partial charge in [0, 0.05) is 19.4 Å². The summed E-state index contributed by atoms with van der Waals surface area (Å²) in [5.41, 5.74) is 0. The second-order valence-corrected chi connectivity index (χ2v) is 13.3. The molecule has 0 fully saturated rings. The van der Waals surface area contributed by atoms with Gasteiger partial charge in [-0.1, -0.05) is 142 Å². The quantitative estimate of drug-likeness (QED) is 0.0199. The van der Waals surface area contributed by atoms with Crippen molar-refractivity contribution in [3.8, 4) is 0 Å². The number of esters is 3. The smallest absolute Gasteiger partial charge is 0.325 e. The second-order valence-electron chi connectivity index (χ2n) is 13.3. The van der Waals surface area contributed by atoms with Crippen LogP contribution >= 0.6 is 0 Å². The molecule has 1 amide bonds. The van der Waals surface area contributed by atoms with Crippen LogP contribution in [0.5, 0.6) is 0 Å². The SMILES string of the molecule is CCCCCCCCCCCCCC(=O)OCC(COC(=O)CN(CCOOC)C(=O)COOC)OC(=O)CCCCCCCCCCCCC. The molecular weight excluding hydrogens is 658 g/mol. The van der Waals surface area contributed by atoms with E-state index in [2.05, 4.69) is 23.6 Å². The van der Waals surface area contributed by atoms with E-state index in [0.717, 1.165) is 38.5 Å². The molecule has 1 unspecified atom stereocenters. The van der Waals surface area contributed by atoms with Crippen LogP contribution in [0.1, 0.15) is 168 Å². The van der Waals surface area contributed by atoms with E-state index in [-0.39, 0.29) is 45.2 Å². The van der Waals surface area contributed by atoms with Crippen molar-refractivity contribution in [2.45, 2.75) is 174 Å². The Hall–Kier alpha value is -2.28. The topological polar surface area (TPSA) is 136 Å². The van der Waals surface area contributed by atoms with E-state index in [1.165, 1.54) is 115 Å². The predicted molar refractivity (Wildman–Crippen MR) is 196 cm³/mol. The van der Waals surface area contributed by atoms with Crippen LogP contribution in [0, 0.1) is 0 Å². The van der Waals surface area contributed by atoms with Gasteiger partial charge in [0.1, 0.15) is 19.8 Å². The zero-order chi connectivity index (χ0) is 37.6. The van der Waals surface area contributed by atoms with Crippen molar-refractivity contribution in [1.29, 1.82) is 0 Å². The summed E-state index contributed by atoms with van der Waals surface area (Å²) >= 11 is 0. The molecule has 0 aromatic rings. The lowest BCUT2D eigenvalue weighted by atomic mass is 10.1. The fraction of sp³-hybridized carbons (Fsp3) is 0.897. The maximum atomic E-state index is 12.7. The number of hydrogen-bond acceptors (Lipinski definition) is 11. The number of rotatable bonds is 38. The summed E-state index contributed by atoms with van der Waals surface area (Å²) in [6.07, 6.45) is 25.4. The maximum absolute atomic E-state index is 12.7. The molecule has 0 saturated carbocycles. The lowest BCUT2D eigenvalue weighted by Crippen LogP contribution is -2.41. The molecule has 0 aliphatic carbocycles. The molecule has 0 rings (SSSR count). The maximum Gasteiger partial charge on any atom is 0.325 e. The van der Waals surface area contributed by atoms with Crippen LogP contribution in [-0.2, 0) is 52.9 Å². The lowest BCUT2D eigenvalue weighted by Gasteiger charge is -2.22. The van der Waals surface area contributed by atoms with Crippen LogP contribution in [-0.4, -0.2) is 88.6 Å². The summed E-state index contributed by atoms with van der Waals surface area (Å²) in [6, 6.07) is 0. The first-order valence-electron chi connectivity index (χ1n) is 20.0. The molecule has 1 atom stereocenters. The minimum atomic E-state index is -0.965. The summed E-state index contributed by atoms with van der Waals surface area (Å²) < 4.78 is 16.4. The third kappa shape index (κ3) is 33.3. The average molecular weight is 732 g/mol. The van der Waals surface area contributed by atoms with E-state index in [1.54, 1.807) is 0 Å². The third-order valence-corrected chi connectivity index (χ3v) is 8.66. The molecule has 300 valence electrons. The fourth-order valence-electron chi connectivity index (χ4n) is 5.60. The highest BCUT2D eigenvalue weighted by molar-refractivity contribution is 5.82. The summed E-state index contributed by atoms with van der Waals surface area (Å²) in [4.78, 5) is 70.1. The van der Waals surface area contributed by atoms with E-state index in [4.69, 9.17) is 24.0 Å². The highest BCUT2D eigenvalue weighted by Gasteiger charge is 2.22. The molecule has 51 heavy (non-hydrogen) atoms. The summed E-state index contributed by atoms with van der Waals surface area (Å²) in [5, 5.41) is 0. The van der Waals surface area contributed by atoms with Gasteiger partial charge in [-0.15, -0.1) is 0 Å². The highest BCUT2D eigenvalue weighted by Crippen LogP contribution is 2.14. The first kappa shape index (κ1) is 48.7.